The highest BCUT2D eigenvalue weighted by atomic mass is 16.2. The third-order valence-electron chi connectivity index (χ3n) is 4.12. The van der Waals surface area contributed by atoms with Crippen molar-refractivity contribution >= 4 is 23.4 Å². The number of benzene rings is 2. The zero-order chi connectivity index (χ0) is 17.5. The SMILES string of the molecule is O=C(Nc1ccccc1)N1CCCN(C(=O)Nc2ccccc2)CC1. The molecule has 0 bridgehead atoms. The first-order valence-electron chi connectivity index (χ1n) is 8.44. The van der Waals surface area contributed by atoms with Crippen molar-refractivity contribution in [3.05, 3.63) is 60.7 Å². The normalized spacial score (nSPS) is 14.6. The zero-order valence-electron chi connectivity index (χ0n) is 14.0. The quantitative estimate of drug-likeness (QED) is 0.881. The Kier molecular flexibility index (Phi) is 5.51. The molecule has 6 nitrogen and oxygen atoms in total. The highest BCUT2D eigenvalue weighted by molar-refractivity contribution is 5.90. The van der Waals surface area contributed by atoms with Crippen LogP contribution >= 0.6 is 0 Å². The molecule has 2 aromatic carbocycles. The van der Waals surface area contributed by atoms with Gasteiger partial charge in [0.25, 0.3) is 0 Å². The third kappa shape index (κ3) is 4.73. The summed E-state index contributed by atoms with van der Waals surface area (Å²) >= 11 is 0. The number of nitrogens with zero attached hydrogens (tertiary/aromatic N) is 2. The first kappa shape index (κ1) is 16.8. The van der Waals surface area contributed by atoms with Crippen LogP contribution in [-0.4, -0.2) is 48.0 Å². The standard InChI is InChI=1S/C19H22N4O2/c24-18(20-16-8-3-1-4-9-16)22-12-7-13-23(15-14-22)19(25)21-17-10-5-2-6-11-17/h1-6,8-11H,7,12-15H2,(H,20,24)(H,21,25). The van der Waals surface area contributed by atoms with Crippen molar-refractivity contribution in [3.8, 4) is 0 Å². The van der Waals surface area contributed by atoms with Gasteiger partial charge in [-0.1, -0.05) is 36.4 Å². The van der Waals surface area contributed by atoms with Gasteiger partial charge in [0.1, 0.15) is 0 Å². The number of rotatable bonds is 2. The summed E-state index contributed by atoms with van der Waals surface area (Å²) in [6, 6.07) is 18.5. The number of para-hydroxylation sites is 2. The van der Waals surface area contributed by atoms with Gasteiger partial charge in [0, 0.05) is 37.6 Å². The van der Waals surface area contributed by atoms with E-state index in [1.165, 1.54) is 0 Å². The predicted molar refractivity (Wildman–Crippen MR) is 98.7 cm³/mol. The predicted octanol–water partition coefficient (Wildman–Crippen LogP) is 3.46. The molecular formula is C19H22N4O2. The Labute approximate surface area is 147 Å². The Hall–Kier alpha value is -3.02. The molecule has 0 aromatic heterocycles. The molecule has 0 saturated carbocycles. The molecule has 2 aromatic rings. The monoisotopic (exact) mass is 338 g/mol. The van der Waals surface area contributed by atoms with Crippen LogP contribution in [0.4, 0.5) is 21.0 Å². The molecule has 1 saturated heterocycles. The Morgan fingerprint density at radius 1 is 0.640 bits per heavy atom. The molecule has 130 valence electrons. The van der Waals surface area contributed by atoms with Crippen LogP contribution in [0.25, 0.3) is 0 Å². The number of nitrogens with one attached hydrogen (secondary N) is 2. The van der Waals surface area contributed by atoms with E-state index < -0.39 is 0 Å². The molecule has 1 aliphatic rings. The molecule has 0 unspecified atom stereocenters. The Morgan fingerprint density at radius 2 is 1.04 bits per heavy atom. The summed E-state index contributed by atoms with van der Waals surface area (Å²) in [7, 11) is 0. The Morgan fingerprint density at radius 3 is 1.44 bits per heavy atom. The highest BCUT2D eigenvalue weighted by Crippen LogP contribution is 2.11. The molecule has 0 radical (unpaired) electrons. The minimum absolute atomic E-state index is 0.128. The molecular weight excluding hydrogens is 316 g/mol. The van der Waals surface area contributed by atoms with Crippen molar-refractivity contribution in [3.63, 3.8) is 0 Å². The van der Waals surface area contributed by atoms with Gasteiger partial charge in [-0.3, -0.25) is 0 Å². The van der Waals surface area contributed by atoms with Crippen LogP contribution in [0.2, 0.25) is 0 Å². The van der Waals surface area contributed by atoms with Gasteiger partial charge in [0.15, 0.2) is 0 Å². The van der Waals surface area contributed by atoms with Crippen molar-refractivity contribution in [2.24, 2.45) is 0 Å². The second-order valence-electron chi connectivity index (χ2n) is 5.92. The zero-order valence-corrected chi connectivity index (χ0v) is 14.0. The topological polar surface area (TPSA) is 64.7 Å². The highest BCUT2D eigenvalue weighted by Gasteiger charge is 2.22. The average Bonchev–Trinajstić information content (AvgIpc) is 2.90. The van der Waals surface area contributed by atoms with Gasteiger partial charge in [0.05, 0.1) is 0 Å². The molecule has 1 heterocycles. The maximum Gasteiger partial charge on any atom is 0.321 e. The summed E-state index contributed by atoms with van der Waals surface area (Å²) in [6.45, 7) is 2.29. The van der Waals surface area contributed by atoms with Crippen LogP contribution in [0, 0.1) is 0 Å². The Bertz CT molecular complexity index is 644. The molecule has 3 rings (SSSR count). The van der Waals surface area contributed by atoms with E-state index in [1.807, 2.05) is 60.7 Å². The summed E-state index contributed by atoms with van der Waals surface area (Å²) < 4.78 is 0. The fourth-order valence-corrected chi connectivity index (χ4v) is 2.77. The summed E-state index contributed by atoms with van der Waals surface area (Å²) in [5.74, 6) is 0. The van der Waals surface area contributed by atoms with Crippen LogP contribution < -0.4 is 10.6 Å². The number of hydrogen-bond acceptors (Lipinski definition) is 2. The number of amides is 4. The van der Waals surface area contributed by atoms with E-state index in [-0.39, 0.29) is 12.1 Å². The summed E-state index contributed by atoms with van der Waals surface area (Å²) in [5.41, 5.74) is 1.55. The Balaban J connectivity index is 1.53. The molecule has 6 heteroatoms. The van der Waals surface area contributed by atoms with Gasteiger partial charge >= 0.3 is 12.1 Å². The fraction of sp³-hybridized carbons (Fsp3) is 0.263. The van der Waals surface area contributed by atoms with E-state index in [0.29, 0.717) is 26.2 Å². The first-order valence-corrected chi connectivity index (χ1v) is 8.44. The van der Waals surface area contributed by atoms with Crippen molar-refractivity contribution < 1.29 is 9.59 Å². The third-order valence-corrected chi connectivity index (χ3v) is 4.12. The van der Waals surface area contributed by atoms with Crippen LogP contribution in [0.3, 0.4) is 0 Å². The number of anilines is 2. The fourth-order valence-electron chi connectivity index (χ4n) is 2.77. The maximum absolute atomic E-state index is 12.4. The molecule has 25 heavy (non-hydrogen) atoms. The van der Waals surface area contributed by atoms with Gasteiger partial charge in [-0.15, -0.1) is 0 Å². The van der Waals surface area contributed by atoms with Crippen molar-refractivity contribution in [2.45, 2.75) is 6.42 Å². The number of hydrogen-bond donors (Lipinski definition) is 2. The molecule has 0 atom stereocenters. The summed E-state index contributed by atoms with van der Waals surface area (Å²) in [5, 5.41) is 5.78. The second kappa shape index (κ2) is 8.19. The molecule has 0 spiro atoms. The minimum Gasteiger partial charge on any atom is -0.323 e. The van der Waals surface area contributed by atoms with E-state index in [9.17, 15) is 9.59 Å². The molecule has 2 N–H and O–H groups in total. The van der Waals surface area contributed by atoms with Crippen molar-refractivity contribution in [1.82, 2.24) is 9.80 Å². The second-order valence-corrected chi connectivity index (χ2v) is 5.92. The number of urea groups is 2. The minimum atomic E-state index is -0.128. The van der Waals surface area contributed by atoms with E-state index in [4.69, 9.17) is 0 Å². The van der Waals surface area contributed by atoms with Crippen LogP contribution in [0.15, 0.2) is 60.7 Å². The smallest absolute Gasteiger partial charge is 0.321 e. The molecule has 1 fully saturated rings. The van der Waals surface area contributed by atoms with Gasteiger partial charge in [-0.25, -0.2) is 9.59 Å². The number of carbonyl (C=O) groups is 2. The van der Waals surface area contributed by atoms with Crippen molar-refractivity contribution in [1.29, 1.82) is 0 Å². The van der Waals surface area contributed by atoms with Crippen molar-refractivity contribution in [2.75, 3.05) is 36.8 Å². The van der Waals surface area contributed by atoms with E-state index in [2.05, 4.69) is 10.6 Å². The molecule has 0 aliphatic carbocycles. The van der Waals surface area contributed by atoms with Gasteiger partial charge < -0.3 is 20.4 Å². The van der Waals surface area contributed by atoms with Crippen LogP contribution in [0.5, 0.6) is 0 Å². The lowest BCUT2D eigenvalue weighted by Gasteiger charge is -2.22. The van der Waals surface area contributed by atoms with Gasteiger partial charge in [-0.2, -0.15) is 0 Å². The average molecular weight is 338 g/mol. The maximum atomic E-state index is 12.4. The lowest BCUT2D eigenvalue weighted by molar-refractivity contribution is 0.205. The lowest BCUT2D eigenvalue weighted by atomic mass is 10.3. The summed E-state index contributed by atoms with van der Waals surface area (Å²) in [6.07, 6.45) is 0.754. The van der Waals surface area contributed by atoms with Crippen LogP contribution in [-0.2, 0) is 0 Å². The van der Waals surface area contributed by atoms with Gasteiger partial charge in [-0.05, 0) is 30.7 Å². The van der Waals surface area contributed by atoms with E-state index in [1.54, 1.807) is 9.80 Å². The lowest BCUT2D eigenvalue weighted by Crippen LogP contribution is -2.40. The van der Waals surface area contributed by atoms with Crippen LogP contribution in [0.1, 0.15) is 6.42 Å². The summed E-state index contributed by atoms with van der Waals surface area (Å²) in [4.78, 5) is 28.3. The number of carbonyl (C=O) groups excluding carboxylic acids is 2. The molecule has 1 aliphatic heterocycles. The van der Waals surface area contributed by atoms with Gasteiger partial charge in [0.2, 0.25) is 0 Å². The first-order chi connectivity index (χ1) is 12.2. The van der Waals surface area contributed by atoms with E-state index >= 15 is 0 Å². The van der Waals surface area contributed by atoms with E-state index in [0.717, 1.165) is 17.8 Å². The molecule has 4 amide bonds. The largest absolute Gasteiger partial charge is 0.323 e.